The van der Waals surface area contributed by atoms with Gasteiger partial charge >= 0.3 is 5.91 Å². The number of aromatic amines is 1. The van der Waals surface area contributed by atoms with Crippen molar-refractivity contribution < 1.29 is 24.5 Å². The number of aromatic nitrogens is 2. The van der Waals surface area contributed by atoms with Crippen LogP contribution >= 0.6 is 0 Å². The van der Waals surface area contributed by atoms with Gasteiger partial charge in [-0.3, -0.25) is 14.5 Å². The Kier molecular flexibility index (Phi) is 6.18. The second-order valence-corrected chi connectivity index (χ2v) is 10.2. The summed E-state index contributed by atoms with van der Waals surface area (Å²) < 4.78 is 5.80. The summed E-state index contributed by atoms with van der Waals surface area (Å²) in [5.74, 6) is -1.17. The minimum Gasteiger partial charge on any atom is -0.508 e. The molecule has 1 aliphatic heterocycles. The standard InChI is InChI=1S/C30H29N3O5/c1-5-38-23-14-13-18(16-20(23)30(2,3)4)26(35)24-25(17-9-8-10-19(34)15-17)33(28(37)27(24)36)29-31-21-11-6-7-12-22(21)32-29/h6-16,25,34-35H,5H2,1-4H3,(H,31,32)/b26-24+. The molecule has 0 aliphatic carbocycles. The van der Waals surface area contributed by atoms with Gasteiger partial charge in [-0.2, -0.15) is 0 Å². The lowest BCUT2D eigenvalue weighted by Gasteiger charge is -2.25. The van der Waals surface area contributed by atoms with Crippen LogP contribution in [-0.4, -0.2) is 38.5 Å². The van der Waals surface area contributed by atoms with Crippen LogP contribution in [0.1, 0.15) is 50.4 Å². The summed E-state index contributed by atoms with van der Waals surface area (Å²) in [5, 5.41) is 21.8. The van der Waals surface area contributed by atoms with E-state index in [2.05, 4.69) is 9.97 Å². The minimum absolute atomic E-state index is 0.0335. The van der Waals surface area contributed by atoms with Crippen molar-refractivity contribution in [1.29, 1.82) is 0 Å². The number of amides is 1. The first-order valence-corrected chi connectivity index (χ1v) is 12.4. The number of para-hydroxylation sites is 2. The van der Waals surface area contributed by atoms with E-state index in [9.17, 15) is 19.8 Å². The van der Waals surface area contributed by atoms with Gasteiger partial charge in [-0.25, -0.2) is 4.98 Å². The first-order valence-electron chi connectivity index (χ1n) is 12.4. The first kappa shape index (κ1) is 25.1. The maximum atomic E-state index is 13.5. The number of carbonyl (C=O) groups excluding carboxylic acids is 2. The fourth-order valence-corrected chi connectivity index (χ4v) is 4.81. The number of carbonyl (C=O) groups is 2. The van der Waals surface area contributed by atoms with Gasteiger partial charge in [-0.1, -0.05) is 45.0 Å². The third kappa shape index (κ3) is 4.28. The second kappa shape index (κ2) is 9.37. The van der Waals surface area contributed by atoms with Crippen LogP contribution in [0.2, 0.25) is 0 Å². The molecule has 194 valence electrons. The summed E-state index contributed by atoms with van der Waals surface area (Å²) in [6, 6.07) is 17.8. The average Bonchev–Trinajstić information content (AvgIpc) is 3.42. The van der Waals surface area contributed by atoms with Crippen LogP contribution in [0.25, 0.3) is 16.8 Å². The molecule has 38 heavy (non-hydrogen) atoms. The zero-order chi connectivity index (χ0) is 27.2. The van der Waals surface area contributed by atoms with Crippen LogP contribution in [0, 0.1) is 0 Å². The Morgan fingerprint density at radius 3 is 2.50 bits per heavy atom. The summed E-state index contributed by atoms with van der Waals surface area (Å²) in [5.41, 5.74) is 2.60. The molecule has 1 atom stereocenters. The average molecular weight is 512 g/mol. The van der Waals surface area contributed by atoms with Crippen LogP contribution in [0.15, 0.2) is 72.3 Å². The first-order chi connectivity index (χ1) is 18.1. The number of anilines is 1. The summed E-state index contributed by atoms with van der Waals surface area (Å²) in [7, 11) is 0. The molecule has 2 heterocycles. The SMILES string of the molecule is CCOc1ccc(/C(O)=C2\C(=O)C(=O)N(c3nc4ccccc4[nH]3)C2c2cccc(O)c2)cc1C(C)(C)C. The van der Waals surface area contributed by atoms with Gasteiger partial charge in [0.05, 0.1) is 29.3 Å². The summed E-state index contributed by atoms with van der Waals surface area (Å²) in [4.78, 5) is 35.8. The minimum atomic E-state index is -1.02. The van der Waals surface area contributed by atoms with Gasteiger partial charge in [-0.15, -0.1) is 0 Å². The van der Waals surface area contributed by atoms with Gasteiger partial charge in [-0.05, 0) is 60.4 Å². The van der Waals surface area contributed by atoms with E-state index >= 15 is 0 Å². The molecule has 1 saturated heterocycles. The van der Waals surface area contributed by atoms with Gasteiger partial charge in [0.1, 0.15) is 17.3 Å². The quantitative estimate of drug-likeness (QED) is 0.183. The number of benzene rings is 3. The normalized spacial score (nSPS) is 17.4. The summed E-state index contributed by atoms with van der Waals surface area (Å²) >= 11 is 0. The monoisotopic (exact) mass is 511 g/mol. The number of nitrogens with zero attached hydrogens (tertiary/aromatic N) is 2. The highest BCUT2D eigenvalue weighted by molar-refractivity contribution is 6.51. The molecule has 0 spiro atoms. The number of nitrogens with one attached hydrogen (secondary N) is 1. The number of aromatic hydroxyl groups is 1. The number of ether oxygens (including phenoxy) is 1. The van der Waals surface area contributed by atoms with Gasteiger partial charge in [0.2, 0.25) is 5.95 Å². The lowest BCUT2D eigenvalue weighted by atomic mass is 9.84. The van der Waals surface area contributed by atoms with E-state index < -0.39 is 17.7 Å². The molecule has 0 radical (unpaired) electrons. The molecule has 3 aromatic carbocycles. The van der Waals surface area contributed by atoms with Gasteiger partial charge < -0.3 is 19.9 Å². The highest BCUT2D eigenvalue weighted by Crippen LogP contribution is 2.43. The van der Waals surface area contributed by atoms with Gasteiger partial charge in [0.15, 0.2) is 0 Å². The van der Waals surface area contributed by atoms with Gasteiger partial charge in [0, 0.05) is 11.1 Å². The van der Waals surface area contributed by atoms with Crippen LogP contribution in [0.4, 0.5) is 5.95 Å². The number of imidazole rings is 1. The molecule has 1 fully saturated rings. The molecule has 1 unspecified atom stereocenters. The predicted octanol–water partition coefficient (Wildman–Crippen LogP) is 5.59. The molecule has 1 aromatic heterocycles. The number of phenols is 1. The Bertz CT molecular complexity index is 1560. The Balaban J connectivity index is 1.73. The molecule has 8 nitrogen and oxygen atoms in total. The number of hydrogen-bond acceptors (Lipinski definition) is 6. The fourth-order valence-electron chi connectivity index (χ4n) is 4.81. The lowest BCUT2D eigenvalue weighted by molar-refractivity contribution is -0.132. The topological polar surface area (TPSA) is 116 Å². The van der Waals surface area contributed by atoms with Crippen molar-refractivity contribution in [1.82, 2.24) is 9.97 Å². The number of aliphatic hydroxyl groups is 1. The molecule has 0 saturated carbocycles. The highest BCUT2D eigenvalue weighted by atomic mass is 16.5. The maximum absolute atomic E-state index is 13.5. The summed E-state index contributed by atoms with van der Waals surface area (Å²) in [6.45, 7) is 8.47. The number of hydrogen-bond donors (Lipinski definition) is 3. The van der Waals surface area contributed by atoms with Crippen molar-refractivity contribution in [2.24, 2.45) is 0 Å². The van der Waals surface area contributed by atoms with Crippen molar-refractivity contribution in [2.75, 3.05) is 11.5 Å². The zero-order valence-electron chi connectivity index (χ0n) is 21.6. The number of phenolic OH excluding ortho intramolecular Hbond substituents is 1. The molecule has 1 aliphatic rings. The third-order valence-electron chi connectivity index (χ3n) is 6.60. The van der Waals surface area contributed by atoms with Crippen LogP contribution < -0.4 is 9.64 Å². The number of rotatable bonds is 5. The van der Waals surface area contributed by atoms with Crippen LogP contribution in [-0.2, 0) is 15.0 Å². The van der Waals surface area contributed by atoms with Crippen LogP contribution in [0.5, 0.6) is 11.5 Å². The number of Topliss-reactive ketones (excluding diaryl/α,β-unsaturated/α-hetero) is 1. The molecule has 5 rings (SSSR count). The largest absolute Gasteiger partial charge is 0.508 e. The number of ketones is 1. The van der Waals surface area contributed by atoms with Gasteiger partial charge in [0.25, 0.3) is 5.78 Å². The maximum Gasteiger partial charge on any atom is 0.302 e. The predicted molar refractivity (Wildman–Crippen MR) is 145 cm³/mol. The second-order valence-electron chi connectivity index (χ2n) is 10.2. The molecule has 3 N–H and O–H groups in total. The van der Waals surface area contributed by atoms with E-state index in [-0.39, 0.29) is 28.4 Å². The van der Waals surface area contributed by atoms with E-state index in [1.807, 2.05) is 45.9 Å². The van der Waals surface area contributed by atoms with Crippen LogP contribution in [0.3, 0.4) is 0 Å². The van der Waals surface area contributed by atoms with Crippen molar-refractivity contribution >= 4 is 34.4 Å². The van der Waals surface area contributed by atoms with E-state index in [0.717, 1.165) is 5.56 Å². The van der Waals surface area contributed by atoms with Crippen molar-refractivity contribution in [3.05, 3.63) is 89.0 Å². The Labute approximate surface area is 220 Å². The zero-order valence-corrected chi connectivity index (χ0v) is 21.6. The van der Waals surface area contributed by atoms with Crippen molar-refractivity contribution in [2.45, 2.75) is 39.2 Å². The third-order valence-corrected chi connectivity index (χ3v) is 6.60. The number of H-pyrrole nitrogens is 1. The smallest absolute Gasteiger partial charge is 0.302 e. The molecule has 1 amide bonds. The van der Waals surface area contributed by atoms with E-state index in [1.54, 1.807) is 36.4 Å². The molecular formula is C30H29N3O5. The highest BCUT2D eigenvalue weighted by Gasteiger charge is 2.48. The Hall–Kier alpha value is -4.59. The van der Waals surface area contributed by atoms with Crippen molar-refractivity contribution in [3.8, 4) is 11.5 Å². The lowest BCUT2D eigenvalue weighted by Crippen LogP contribution is -2.30. The molecule has 8 heteroatoms. The number of aliphatic hydroxyl groups excluding tert-OH is 1. The fraction of sp³-hybridized carbons (Fsp3) is 0.233. The number of fused-ring (bicyclic) bond motifs is 1. The van der Waals surface area contributed by atoms with E-state index in [0.29, 0.717) is 34.5 Å². The molecule has 0 bridgehead atoms. The van der Waals surface area contributed by atoms with E-state index in [4.69, 9.17) is 4.74 Å². The Morgan fingerprint density at radius 1 is 1.05 bits per heavy atom. The molecule has 4 aromatic rings. The molecular weight excluding hydrogens is 482 g/mol. The van der Waals surface area contributed by atoms with Crippen molar-refractivity contribution in [3.63, 3.8) is 0 Å². The van der Waals surface area contributed by atoms with E-state index in [1.165, 1.54) is 17.0 Å². The summed E-state index contributed by atoms with van der Waals surface area (Å²) in [6.07, 6.45) is 0. The Morgan fingerprint density at radius 2 is 1.82 bits per heavy atom.